The van der Waals surface area contributed by atoms with E-state index in [9.17, 15) is 5.11 Å². The van der Waals surface area contributed by atoms with Crippen LogP contribution < -0.4 is 15.2 Å². The Balaban J connectivity index is 2.00. The van der Waals surface area contributed by atoms with E-state index in [4.69, 9.17) is 15.2 Å². The Bertz CT molecular complexity index is 772. The summed E-state index contributed by atoms with van der Waals surface area (Å²) in [5, 5.41) is 9.31. The van der Waals surface area contributed by atoms with Crippen LogP contribution in [0.5, 0.6) is 11.5 Å². The van der Waals surface area contributed by atoms with Gasteiger partial charge in [0.15, 0.2) is 11.6 Å². The molecule has 2 aromatic rings. The molecule has 0 saturated carbocycles. The van der Waals surface area contributed by atoms with Crippen LogP contribution >= 0.6 is 0 Å². The Morgan fingerprint density at radius 1 is 1.24 bits per heavy atom. The van der Waals surface area contributed by atoms with Gasteiger partial charge in [0.1, 0.15) is 5.75 Å². The molecule has 0 aliphatic carbocycles. The number of anilines is 1. The van der Waals surface area contributed by atoms with E-state index >= 15 is 0 Å². The molecule has 158 valence electrons. The maximum Gasteiger partial charge on any atom is 0.222 e. The number of benzene rings is 1. The highest BCUT2D eigenvalue weighted by Crippen LogP contribution is 2.27. The molecule has 0 aliphatic heterocycles. The Hall–Kier alpha value is -2.67. The monoisotopic (exact) mass is 400 g/mol. The molecule has 1 heterocycles. The second-order valence-electron chi connectivity index (χ2n) is 6.97. The van der Waals surface area contributed by atoms with Gasteiger partial charge in [0.05, 0.1) is 19.9 Å². The first-order valence-corrected chi connectivity index (χ1v) is 10.1. The van der Waals surface area contributed by atoms with Gasteiger partial charge in [0.25, 0.3) is 0 Å². The molecule has 1 aromatic carbocycles. The number of hydrogen-bond acceptors (Lipinski definition) is 7. The van der Waals surface area contributed by atoms with Crippen LogP contribution in [0.2, 0.25) is 0 Å². The number of methoxy groups -OCH3 is 1. The molecule has 2 rings (SSSR count). The molecule has 0 bridgehead atoms. The van der Waals surface area contributed by atoms with Crippen molar-refractivity contribution in [2.24, 2.45) is 10.9 Å². The van der Waals surface area contributed by atoms with Crippen LogP contribution in [-0.4, -0.2) is 41.1 Å². The van der Waals surface area contributed by atoms with Crippen molar-refractivity contribution in [2.45, 2.75) is 46.0 Å². The number of nitrogen functional groups attached to an aromatic ring is 1. The van der Waals surface area contributed by atoms with Gasteiger partial charge in [-0.25, -0.2) is 9.98 Å². The summed E-state index contributed by atoms with van der Waals surface area (Å²) in [6.45, 7) is 4.74. The molecule has 7 nitrogen and oxygen atoms in total. The van der Waals surface area contributed by atoms with Gasteiger partial charge >= 0.3 is 0 Å². The molecule has 29 heavy (non-hydrogen) atoms. The van der Waals surface area contributed by atoms with Crippen molar-refractivity contribution in [1.29, 1.82) is 0 Å². The zero-order valence-corrected chi connectivity index (χ0v) is 17.6. The fourth-order valence-electron chi connectivity index (χ4n) is 3.13. The number of hydrogen-bond donors (Lipinski definition) is 2. The van der Waals surface area contributed by atoms with Gasteiger partial charge in [0.2, 0.25) is 5.95 Å². The van der Waals surface area contributed by atoms with Gasteiger partial charge in [0, 0.05) is 12.3 Å². The van der Waals surface area contributed by atoms with Gasteiger partial charge in [-0.1, -0.05) is 25.5 Å². The number of ether oxygens (including phenoxy) is 2. The van der Waals surface area contributed by atoms with Gasteiger partial charge in [-0.3, -0.25) is 0 Å². The lowest BCUT2D eigenvalue weighted by molar-refractivity contribution is 0.270. The van der Waals surface area contributed by atoms with Crippen LogP contribution in [0, 0.1) is 5.92 Å². The zero-order valence-electron chi connectivity index (χ0n) is 17.6. The molecule has 0 aliphatic rings. The van der Waals surface area contributed by atoms with Crippen LogP contribution in [-0.2, 0) is 6.42 Å². The average Bonchev–Trinajstić information content (AvgIpc) is 2.72. The molecule has 0 fully saturated rings. The van der Waals surface area contributed by atoms with Crippen LogP contribution in [0.4, 0.5) is 11.8 Å². The van der Waals surface area contributed by atoms with E-state index in [0.29, 0.717) is 24.6 Å². The Kier molecular flexibility index (Phi) is 9.37. The minimum atomic E-state index is 0.137. The van der Waals surface area contributed by atoms with Crippen LogP contribution in [0.25, 0.3) is 0 Å². The number of nitrogens with zero attached hydrogens (tertiary/aromatic N) is 3. The lowest BCUT2D eigenvalue weighted by Gasteiger charge is -2.15. The van der Waals surface area contributed by atoms with Crippen molar-refractivity contribution < 1.29 is 14.6 Å². The smallest absolute Gasteiger partial charge is 0.222 e. The summed E-state index contributed by atoms with van der Waals surface area (Å²) in [4.78, 5) is 12.9. The minimum Gasteiger partial charge on any atom is -0.497 e. The van der Waals surface area contributed by atoms with E-state index in [1.54, 1.807) is 13.3 Å². The van der Waals surface area contributed by atoms with E-state index in [0.717, 1.165) is 37.1 Å². The molecule has 0 saturated heterocycles. The van der Waals surface area contributed by atoms with E-state index in [1.807, 2.05) is 19.1 Å². The van der Waals surface area contributed by atoms with Gasteiger partial charge < -0.3 is 20.3 Å². The van der Waals surface area contributed by atoms with Crippen LogP contribution in [0.15, 0.2) is 35.5 Å². The standard InChI is InChI=1S/C22H32N4O3/c1-4-6-18(12-13-27)16(2)25-21-20(15-24-22(23)26-21)29-14-5-7-17-8-10-19(28-3)11-9-17/h8-11,15,18,27H,4-7,12-14H2,1-3H3,(H2,23,24,26). The maximum absolute atomic E-state index is 9.31. The normalized spacial score (nSPS) is 12.6. The third-order valence-corrected chi connectivity index (χ3v) is 4.77. The molecule has 1 unspecified atom stereocenters. The van der Waals surface area contributed by atoms with E-state index in [2.05, 4.69) is 34.0 Å². The number of aryl methyl sites for hydroxylation is 1. The van der Waals surface area contributed by atoms with E-state index < -0.39 is 0 Å². The molecular formula is C22H32N4O3. The largest absolute Gasteiger partial charge is 0.497 e. The van der Waals surface area contributed by atoms with Crippen molar-refractivity contribution in [3.63, 3.8) is 0 Å². The first-order valence-electron chi connectivity index (χ1n) is 10.1. The fourth-order valence-corrected chi connectivity index (χ4v) is 3.13. The predicted molar refractivity (Wildman–Crippen MR) is 116 cm³/mol. The highest BCUT2D eigenvalue weighted by molar-refractivity contribution is 5.87. The lowest BCUT2D eigenvalue weighted by Crippen LogP contribution is -2.13. The van der Waals surface area contributed by atoms with Gasteiger partial charge in [-0.15, -0.1) is 0 Å². The Morgan fingerprint density at radius 3 is 2.66 bits per heavy atom. The quantitative estimate of drug-likeness (QED) is 0.413. The number of aromatic nitrogens is 2. The number of aliphatic hydroxyl groups excluding tert-OH is 1. The van der Waals surface area contributed by atoms with Gasteiger partial charge in [-0.2, -0.15) is 4.98 Å². The van der Waals surface area contributed by atoms with E-state index in [-0.39, 0.29) is 18.5 Å². The van der Waals surface area contributed by atoms with Crippen molar-refractivity contribution in [2.75, 3.05) is 26.1 Å². The van der Waals surface area contributed by atoms with Gasteiger partial charge in [-0.05, 0) is 56.2 Å². The fraction of sp³-hybridized carbons (Fsp3) is 0.500. The second-order valence-corrected chi connectivity index (χ2v) is 6.97. The molecule has 7 heteroatoms. The molecule has 1 aromatic heterocycles. The van der Waals surface area contributed by atoms with Crippen molar-refractivity contribution in [3.8, 4) is 11.5 Å². The Labute approximate surface area is 173 Å². The topological polar surface area (TPSA) is 103 Å². The highest BCUT2D eigenvalue weighted by Gasteiger charge is 2.14. The lowest BCUT2D eigenvalue weighted by atomic mass is 9.95. The van der Waals surface area contributed by atoms with Crippen molar-refractivity contribution >= 4 is 17.5 Å². The maximum atomic E-state index is 9.31. The third kappa shape index (κ3) is 7.34. The van der Waals surface area contributed by atoms with Crippen molar-refractivity contribution in [1.82, 2.24) is 9.97 Å². The molecular weight excluding hydrogens is 368 g/mol. The summed E-state index contributed by atoms with van der Waals surface area (Å²) in [6.07, 6.45) is 5.99. The summed E-state index contributed by atoms with van der Waals surface area (Å²) in [5.74, 6) is 2.19. The van der Waals surface area contributed by atoms with Crippen molar-refractivity contribution in [3.05, 3.63) is 36.0 Å². The summed E-state index contributed by atoms with van der Waals surface area (Å²) in [6, 6.07) is 8.02. The summed E-state index contributed by atoms with van der Waals surface area (Å²) < 4.78 is 11.1. The summed E-state index contributed by atoms with van der Waals surface area (Å²) >= 11 is 0. The third-order valence-electron chi connectivity index (χ3n) is 4.77. The van der Waals surface area contributed by atoms with Crippen LogP contribution in [0.1, 0.15) is 45.1 Å². The molecule has 0 amide bonds. The van der Waals surface area contributed by atoms with E-state index in [1.165, 1.54) is 5.56 Å². The van der Waals surface area contributed by atoms with Crippen LogP contribution in [0.3, 0.4) is 0 Å². The molecule has 0 radical (unpaired) electrons. The first kappa shape index (κ1) is 22.6. The number of aliphatic hydroxyl groups is 1. The first-order chi connectivity index (χ1) is 14.1. The number of aliphatic imine (C=N–C) groups is 1. The second kappa shape index (κ2) is 12.0. The number of nitrogens with two attached hydrogens (primary N) is 1. The summed E-state index contributed by atoms with van der Waals surface area (Å²) in [7, 11) is 1.66. The SMILES string of the molecule is CCCC(CCO)C(C)=Nc1nc(N)ncc1OCCCc1ccc(OC)cc1. The molecule has 0 spiro atoms. The predicted octanol–water partition coefficient (Wildman–Crippen LogP) is 3.97. The molecule has 1 atom stereocenters. The molecule has 3 N–H and O–H groups in total. The zero-order chi connectivity index (χ0) is 21.1. The average molecular weight is 401 g/mol. The Morgan fingerprint density at radius 2 is 2.00 bits per heavy atom. The number of rotatable bonds is 12. The minimum absolute atomic E-state index is 0.137. The highest BCUT2D eigenvalue weighted by atomic mass is 16.5. The summed E-state index contributed by atoms with van der Waals surface area (Å²) in [5.41, 5.74) is 7.90.